The number of nitrogens with zero attached hydrogens (tertiary/aromatic N) is 6. The molecular formula is C17H22N6O. The summed E-state index contributed by atoms with van der Waals surface area (Å²) in [6.45, 7) is 6.99. The van der Waals surface area contributed by atoms with Crippen molar-refractivity contribution < 1.29 is 4.74 Å². The Bertz CT molecular complexity index is 653. The van der Waals surface area contributed by atoms with Gasteiger partial charge in [-0.05, 0) is 18.2 Å². The molecule has 0 amide bonds. The lowest BCUT2D eigenvalue weighted by molar-refractivity contribution is 0.122. The average Bonchev–Trinajstić information content (AvgIpc) is 2.70. The van der Waals surface area contributed by atoms with Gasteiger partial charge in [0.1, 0.15) is 11.6 Å². The number of anilines is 3. The van der Waals surface area contributed by atoms with Gasteiger partial charge in [0.2, 0.25) is 5.95 Å². The molecule has 2 aliphatic heterocycles. The van der Waals surface area contributed by atoms with E-state index >= 15 is 0 Å². The van der Waals surface area contributed by atoms with Gasteiger partial charge in [0.25, 0.3) is 0 Å². The van der Waals surface area contributed by atoms with Gasteiger partial charge in [0, 0.05) is 51.7 Å². The van der Waals surface area contributed by atoms with Gasteiger partial charge in [-0.25, -0.2) is 9.97 Å². The monoisotopic (exact) mass is 326 g/mol. The van der Waals surface area contributed by atoms with Crippen LogP contribution in [-0.4, -0.2) is 67.4 Å². The van der Waals surface area contributed by atoms with Gasteiger partial charge >= 0.3 is 0 Å². The van der Waals surface area contributed by atoms with E-state index in [2.05, 4.69) is 30.7 Å². The molecule has 2 aromatic heterocycles. The van der Waals surface area contributed by atoms with E-state index < -0.39 is 0 Å². The van der Waals surface area contributed by atoms with Crippen molar-refractivity contribution in [3.63, 3.8) is 0 Å². The molecule has 0 spiro atoms. The predicted molar refractivity (Wildman–Crippen MR) is 93.7 cm³/mol. The maximum Gasteiger partial charge on any atom is 0.227 e. The van der Waals surface area contributed by atoms with Gasteiger partial charge in [-0.3, -0.25) is 0 Å². The van der Waals surface area contributed by atoms with Gasteiger partial charge in [-0.15, -0.1) is 0 Å². The summed E-state index contributed by atoms with van der Waals surface area (Å²) in [5.74, 6) is 2.86. The second-order valence-corrected chi connectivity index (χ2v) is 5.98. The van der Waals surface area contributed by atoms with E-state index in [0.717, 1.165) is 70.1 Å². The Kier molecular flexibility index (Phi) is 4.42. The second kappa shape index (κ2) is 7.00. The van der Waals surface area contributed by atoms with Crippen LogP contribution in [0.2, 0.25) is 0 Å². The topological polar surface area (TPSA) is 57.6 Å². The summed E-state index contributed by atoms with van der Waals surface area (Å²) in [5.41, 5.74) is 0. The zero-order valence-corrected chi connectivity index (χ0v) is 13.7. The third kappa shape index (κ3) is 3.26. The first kappa shape index (κ1) is 15.1. The maximum absolute atomic E-state index is 5.41. The Morgan fingerprint density at radius 3 is 2.21 bits per heavy atom. The minimum absolute atomic E-state index is 0.766. The standard InChI is InChI=1S/C17H22N6O/c1-2-5-18-15(3-1)21-7-9-23(10-8-21)17-19-6-4-16(20-17)22-11-13-24-14-12-22/h1-6H,7-14H2. The number of piperazine rings is 1. The molecule has 0 aromatic carbocycles. The molecule has 2 fully saturated rings. The first-order chi connectivity index (χ1) is 11.9. The van der Waals surface area contributed by atoms with Crippen LogP contribution in [0.5, 0.6) is 0 Å². The quantitative estimate of drug-likeness (QED) is 0.835. The number of ether oxygens (including phenoxy) is 1. The lowest BCUT2D eigenvalue weighted by Gasteiger charge is -2.36. The molecule has 7 heteroatoms. The Balaban J connectivity index is 1.42. The Morgan fingerprint density at radius 1 is 0.708 bits per heavy atom. The number of rotatable bonds is 3. The van der Waals surface area contributed by atoms with Gasteiger partial charge in [0.05, 0.1) is 13.2 Å². The summed E-state index contributed by atoms with van der Waals surface area (Å²) >= 11 is 0. The van der Waals surface area contributed by atoms with Crippen molar-refractivity contribution in [3.8, 4) is 0 Å². The minimum Gasteiger partial charge on any atom is -0.378 e. The van der Waals surface area contributed by atoms with E-state index in [9.17, 15) is 0 Å². The highest BCUT2D eigenvalue weighted by atomic mass is 16.5. The van der Waals surface area contributed by atoms with Crippen LogP contribution in [0.1, 0.15) is 0 Å². The summed E-state index contributed by atoms with van der Waals surface area (Å²) < 4.78 is 5.41. The van der Waals surface area contributed by atoms with Crippen molar-refractivity contribution in [2.24, 2.45) is 0 Å². The van der Waals surface area contributed by atoms with Crippen LogP contribution in [0.3, 0.4) is 0 Å². The largest absolute Gasteiger partial charge is 0.378 e. The molecule has 0 saturated carbocycles. The zero-order chi connectivity index (χ0) is 16.2. The van der Waals surface area contributed by atoms with E-state index in [0.29, 0.717) is 0 Å². The zero-order valence-electron chi connectivity index (χ0n) is 13.7. The fourth-order valence-electron chi connectivity index (χ4n) is 3.14. The highest BCUT2D eigenvalue weighted by molar-refractivity contribution is 5.46. The van der Waals surface area contributed by atoms with Crippen LogP contribution < -0.4 is 14.7 Å². The lowest BCUT2D eigenvalue weighted by atomic mass is 10.3. The highest BCUT2D eigenvalue weighted by Gasteiger charge is 2.21. The lowest BCUT2D eigenvalue weighted by Crippen LogP contribution is -2.47. The Morgan fingerprint density at radius 2 is 1.46 bits per heavy atom. The summed E-state index contributed by atoms with van der Waals surface area (Å²) in [4.78, 5) is 20.5. The Hall–Kier alpha value is -2.41. The molecule has 0 bridgehead atoms. The van der Waals surface area contributed by atoms with Crippen molar-refractivity contribution in [2.45, 2.75) is 0 Å². The molecule has 0 atom stereocenters. The first-order valence-corrected chi connectivity index (χ1v) is 8.47. The van der Waals surface area contributed by atoms with E-state index in [1.54, 1.807) is 0 Å². The molecule has 2 aromatic rings. The van der Waals surface area contributed by atoms with Crippen molar-refractivity contribution in [2.75, 3.05) is 67.2 Å². The van der Waals surface area contributed by atoms with Gasteiger partial charge in [-0.1, -0.05) is 6.07 Å². The fourth-order valence-corrected chi connectivity index (χ4v) is 3.14. The molecule has 7 nitrogen and oxygen atoms in total. The summed E-state index contributed by atoms with van der Waals surface area (Å²) in [6, 6.07) is 8.03. The molecule has 2 saturated heterocycles. The number of hydrogen-bond acceptors (Lipinski definition) is 7. The van der Waals surface area contributed by atoms with Gasteiger partial charge in [-0.2, -0.15) is 4.98 Å². The average molecular weight is 326 g/mol. The van der Waals surface area contributed by atoms with E-state index in [1.807, 2.05) is 30.6 Å². The molecule has 4 heterocycles. The van der Waals surface area contributed by atoms with Gasteiger partial charge < -0.3 is 19.4 Å². The van der Waals surface area contributed by atoms with E-state index in [1.165, 1.54) is 0 Å². The molecule has 126 valence electrons. The van der Waals surface area contributed by atoms with Crippen molar-refractivity contribution in [3.05, 3.63) is 36.7 Å². The smallest absolute Gasteiger partial charge is 0.227 e. The molecule has 0 unspecified atom stereocenters. The van der Waals surface area contributed by atoms with E-state index in [4.69, 9.17) is 9.72 Å². The SMILES string of the molecule is c1ccc(N2CCN(c3nccc(N4CCOCC4)n3)CC2)nc1. The molecular weight excluding hydrogens is 304 g/mol. The normalized spacial score (nSPS) is 18.8. The first-order valence-electron chi connectivity index (χ1n) is 8.47. The third-order valence-electron chi connectivity index (χ3n) is 4.50. The summed E-state index contributed by atoms with van der Waals surface area (Å²) in [5, 5.41) is 0. The number of morpholine rings is 1. The Labute approximate surface area is 141 Å². The van der Waals surface area contributed by atoms with Crippen LogP contribution in [0.4, 0.5) is 17.6 Å². The van der Waals surface area contributed by atoms with Crippen molar-refractivity contribution in [1.29, 1.82) is 0 Å². The summed E-state index contributed by atoms with van der Waals surface area (Å²) in [7, 11) is 0. The third-order valence-corrected chi connectivity index (χ3v) is 4.50. The molecule has 4 rings (SSSR count). The number of pyridine rings is 1. The van der Waals surface area contributed by atoms with Crippen LogP contribution in [0.25, 0.3) is 0 Å². The van der Waals surface area contributed by atoms with Gasteiger partial charge in [0.15, 0.2) is 0 Å². The molecule has 2 aliphatic rings. The summed E-state index contributed by atoms with van der Waals surface area (Å²) in [6.07, 6.45) is 3.70. The minimum atomic E-state index is 0.766. The molecule has 0 N–H and O–H groups in total. The van der Waals surface area contributed by atoms with Crippen LogP contribution in [-0.2, 0) is 4.74 Å². The van der Waals surface area contributed by atoms with Crippen LogP contribution in [0, 0.1) is 0 Å². The number of aromatic nitrogens is 3. The fraction of sp³-hybridized carbons (Fsp3) is 0.471. The van der Waals surface area contributed by atoms with Crippen LogP contribution in [0.15, 0.2) is 36.7 Å². The van der Waals surface area contributed by atoms with Crippen molar-refractivity contribution in [1.82, 2.24) is 15.0 Å². The highest BCUT2D eigenvalue weighted by Crippen LogP contribution is 2.19. The maximum atomic E-state index is 5.41. The molecule has 24 heavy (non-hydrogen) atoms. The van der Waals surface area contributed by atoms with Crippen LogP contribution >= 0.6 is 0 Å². The predicted octanol–water partition coefficient (Wildman–Crippen LogP) is 1.03. The van der Waals surface area contributed by atoms with Crippen molar-refractivity contribution >= 4 is 17.6 Å². The molecule has 0 radical (unpaired) electrons. The van der Waals surface area contributed by atoms with E-state index in [-0.39, 0.29) is 0 Å². The number of hydrogen-bond donors (Lipinski definition) is 0. The second-order valence-electron chi connectivity index (χ2n) is 5.98. The molecule has 0 aliphatic carbocycles.